The Bertz CT molecular complexity index is 581. The minimum absolute atomic E-state index is 0.116. The predicted molar refractivity (Wildman–Crippen MR) is 81.6 cm³/mol. The van der Waals surface area contributed by atoms with Gasteiger partial charge in [0.2, 0.25) is 0 Å². The minimum atomic E-state index is -0.519. The highest BCUT2D eigenvalue weighted by Crippen LogP contribution is 2.34. The molecule has 0 spiro atoms. The number of halogens is 1. The third-order valence-corrected chi connectivity index (χ3v) is 4.42. The van der Waals surface area contributed by atoms with Gasteiger partial charge in [-0.1, -0.05) is 32.4 Å². The monoisotopic (exact) mass is 310 g/mol. The highest BCUT2D eigenvalue weighted by molar-refractivity contribution is 6.33. The van der Waals surface area contributed by atoms with Gasteiger partial charge in [0.1, 0.15) is 0 Å². The van der Waals surface area contributed by atoms with Gasteiger partial charge in [0.05, 0.1) is 15.5 Å². The summed E-state index contributed by atoms with van der Waals surface area (Å²) < 4.78 is 0. The van der Waals surface area contributed by atoms with Crippen molar-refractivity contribution >= 4 is 23.2 Å². The molecular weight excluding hydrogens is 292 g/mol. The van der Waals surface area contributed by atoms with Crippen molar-refractivity contribution in [2.75, 3.05) is 13.1 Å². The molecule has 1 amide bonds. The molecule has 5 nitrogen and oxygen atoms in total. The maximum absolute atomic E-state index is 12.5. The molecule has 21 heavy (non-hydrogen) atoms. The highest BCUT2D eigenvalue weighted by Gasteiger charge is 2.34. The summed E-state index contributed by atoms with van der Waals surface area (Å²) in [4.78, 5) is 24.6. The average Bonchev–Trinajstić information content (AvgIpc) is 2.87. The smallest absolute Gasteiger partial charge is 0.270 e. The molecule has 0 N–H and O–H groups in total. The summed E-state index contributed by atoms with van der Waals surface area (Å²) in [6.45, 7) is 7.81. The molecule has 0 aliphatic carbocycles. The van der Waals surface area contributed by atoms with Crippen molar-refractivity contribution in [3.8, 4) is 0 Å². The average molecular weight is 311 g/mol. The van der Waals surface area contributed by atoms with E-state index >= 15 is 0 Å². The predicted octanol–water partition coefficient (Wildman–Crippen LogP) is 3.76. The summed E-state index contributed by atoms with van der Waals surface area (Å²) >= 11 is 6.03. The molecule has 1 unspecified atom stereocenters. The Labute approximate surface area is 129 Å². The largest absolute Gasteiger partial charge is 0.338 e. The minimum Gasteiger partial charge on any atom is -0.338 e. The molecule has 6 heteroatoms. The van der Waals surface area contributed by atoms with Gasteiger partial charge in [0.15, 0.2) is 0 Å². The van der Waals surface area contributed by atoms with Crippen molar-refractivity contribution < 1.29 is 9.72 Å². The normalized spacial score (nSPS) is 18.9. The molecule has 0 saturated carbocycles. The van der Waals surface area contributed by atoms with Gasteiger partial charge in [-0.25, -0.2) is 0 Å². The lowest BCUT2D eigenvalue weighted by Gasteiger charge is -2.27. The van der Waals surface area contributed by atoms with Crippen molar-refractivity contribution in [2.24, 2.45) is 11.3 Å². The Kier molecular flexibility index (Phi) is 4.23. The van der Waals surface area contributed by atoms with Gasteiger partial charge in [-0.05, 0) is 23.8 Å². The fourth-order valence-corrected chi connectivity index (χ4v) is 2.81. The number of amides is 1. The molecule has 0 aromatic heterocycles. The molecule has 0 bridgehead atoms. The molecule has 1 saturated heterocycles. The summed E-state index contributed by atoms with van der Waals surface area (Å²) in [7, 11) is 0. The number of likely N-dealkylation sites (tertiary alicyclic amines) is 1. The van der Waals surface area contributed by atoms with E-state index in [4.69, 9.17) is 11.6 Å². The summed E-state index contributed by atoms with van der Waals surface area (Å²) in [6.07, 6.45) is 0.946. The van der Waals surface area contributed by atoms with Crippen LogP contribution in [-0.4, -0.2) is 28.8 Å². The molecule has 1 atom stereocenters. The van der Waals surface area contributed by atoms with Crippen LogP contribution < -0.4 is 0 Å². The van der Waals surface area contributed by atoms with Gasteiger partial charge >= 0.3 is 0 Å². The van der Waals surface area contributed by atoms with E-state index in [2.05, 4.69) is 20.8 Å². The fourth-order valence-electron chi connectivity index (χ4n) is 2.61. The molecular formula is C15H19ClN2O3. The van der Waals surface area contributed by atoms with Crippen LogP contribution in [0.5, 0.6) is 0 Å². The lowest BCUT2D eigenvalue weighted by molar-refractivity contribution is -0.384. The van der Waals surface area contributed by atoms with E-state index in [0.29, 0.717) is 19.0 Å². The van der Waals surface area contributed by atoms with Crippen molar-refractivity contribution in [1.29, 1.82) is 0 Å². The molecule has 1 aromatic rings. The van der Waals surface area contributed by atoms with Crippen molar-refractivity contribution in [1.82, 2.24) is 4.90 Å². The van der Waals surface area contributed by atoms with Crippen LogP contribution in [0.1, 0.15) is 37.6 Å². The number of nitro groups is 1. The first-order chi connectivity index (χ1) is 9.70. The molecule has 0 radical (unpaired) electrons. The van der Waals surface area contributed by atoms with E-state index in [1.165, 1.54) is 18.2 Å². The second-order valence-corrected chi connectivity index (χ2v) is 6.93. The molecule has 1 heterocycles. The Morgan fingerprint density at radius 2 is 2.10 bits per heavy atom. The summed E-state index contributed by atoms with van der Waals surface area (Å²) in [5, 5.41) is 11.1. The first-order valence-electron chi connectivity index (χ1n) is 6.93. The van der Waals surface area contributed by atoms with Gasteiger partial charge < -0.3 is 4.90 Å². The van der Waals surface area contributed by atoms with Crippen LogP contribution >= 0.6 is 11.6 Å². The first-order valence-corrected chi connectivity index (χ1v) is 7.31. The fraction of sp³-hybridized carbons (Fsp3) is 0.533. The van der Waals surface area contributed by atoms with E-state index in [9.17, 15) is 14.9 Å². The molecule has 114 valence electrons. The topological polar surface area (TPSA) is 63.5 Å². The lowest BCUT2D eigenvalue weighted by Crippen LogP contribution is -2.31. The number of carbonyl (C=O) groups is 1. The lowest BCUT2D eigenvalue weighted by atomic mass is 9.80. The molecule has 1 aliphatic heterocycles. The number of carbonyl (C=O) groups excluding carboxylic acids is 1. The Morgan fingerprint density at radius 1 is 1.43 bits per heavy atom. The third kappa shape index (κ3) is 3.35. The van der Waals surface area contributed by atoms with Crippen LogP contribution in [0.2, 0.25) is 5.02 Å². The number of nitro benzene ring substituents is 1. The van der Waals surface area contributed by atoms with Crippen molar-refractivity contribution in [3.05, 3.63) is 38.9 Å². The van der Waals surface area contributed by atoms with E-state index in [-0.39, 0.29) is 27.6 Å². The van der Waals surface area contributed by atoms with Gasteiger partial charge in [-0.2, -0.15) is 0 Å². The summed E-state index contributed by atoms with van der Waals surface area (Å²) in [6, 6.07) is 3.97. The van der Waals surface area contributed by atoms with Gasteiger partial charge in [-0.15, -0.1) is 0 Å². The van der Waals surface area contributed by atoms with Crippen LogP contribution in [0.3, 0.4) is 0 Å². The van der Waals surface area contributed by atoms with Crippen LogP contribution in [0.25, 0.3) is 0 Å². The van der Waals surface area contributed by atoms with Crippen LogP contribution in [0, 0.1) is 21.4 Å². The second kappa shape index (κ2) is 5.64. The van der Waals surface area contributed by atoms with Crippen LogP contribution in [0.4, 0.5) is 5.69 Å². The van der Waals surface area contributed by atoms with Crippen molar-refractivity contribution in [2.45, 2.75) is 27.2 Å². The number of nitrogens with zero attached hydrogens (tertiary/aromatic N) is 2. The second-order valence-electron chi connectivity index (χ2n) is 6.52. The maximum Gasteiger partial charge on any atom is 0.270 e. The van der Waals surface area contributed by atoms with Gasteiger partial charge in [-0.3, -0.25) is 14.9 Å². The molecule has 2 rings (SSSR count). The number of non-ortho nitro benzene ring substituents is 1. The van der Waals surface area contributed by atoms with E-state index in [1.54, 1.807) is 4.90 Å². The SMILES string of the molecule is CC(C)(C)C1CCN(C(=O)c2cc([N+](=O)[O-])ccc2Cl)C1. The van der Waals surface area contributed by atoms with E-state index in [0.717, 1.165) is 6.42 Å². The Morgan fingerprint density at radius 3 is 2.62 bits per heavy atom. The Hall–Kier alpha value is -1.62. The van der Waals surface area contributed by atoms with E-state index in [1.807, 2.05) is 0 Å². The number of hydrogen-bond donors (Lipinski definition) is 0. The number of rotatable bonds is 2. The van der Waals surface area contributed by atoms with Crippen LogP contribution in [0.15, 0.2) is 18.2 Å². The standard InChI is InChI=1S/C15H19ClN2O3/c1-15(2,3)10-6-7-17(9-10)14(19)12-8-11(18(20)21)4-5-13(12)16/h4-5,8,10H,6-7,9H2,1-3H3. The van der Waals surface area contributed by atoms with Crippen molar-refractivity contribution in [3.63, 3.8) is 0 Å². The zero-order chi connectivity index (χ0) is 15.8. The molecule has 1 aliphatic rings. The Balaban J connectivity index is 2.22. The number of benzene rings is 1. The zero-order valence-corrected chi connectivity index (χ0v) is 13.2. The molecule has 1 aromatic carbocycles. The van der Waals surface area contributed by atoms with E-state index < -0.39 is 4.92 Å². The quantitative estimate of drug-likeness (QED) is 0.617. The third-order valence-electron chi connectivity index (χ3n) is 4.09. The first kappa shape index (κ1) is 15.8. The molecule has 1 fully saturated rings. The number of hydrogen-bond acceptors (Lipinski definition) is 3. The van der Waals surface area contributed by atoms with Gasteiger partial charge in [0.25, 0.3) is 11.6 Å². The summed E-state index contributed by atoms with van der Waals surface area (Å²) in [5.74, 6) is 0.203. The van der Waals surface area contributed by atoms with Crippen LogP contribution in [-0.2, 0) is 0 Å². The highest BCUT2D eigenvalue weighted by atomic mass is 35.5. The zero-order valence-electron chi connectivity index (χ0n) is 12.4. The van der Waals surface area contributed by atoms with Gasteiger partial charge in [0, 0.05) is 25.2 Å². The maximum atomic E-state index is 12.5. The summed E-state index contributed by atoms with van der Waals surface area (Å²) in [5.41, 5.74) is 0.233.